The van der Waals surface area contributed by atoms with Gasteiger partial charge in [-0.05, 0) is 63.3 Å². The molecule has 0 saturated carbocycles. The van der Waals surface area contributed by atoms with Crippen LogP contribution in [0.1, 0.15) is 63.5 Å². The molecule has 40 heavy (non-hydrogen) atoms. The van der Waals surface area contributed by atoms with Gasteiger partial charge in [-0.1, -0.05) is 55.5 Å². The molecule has 0 aliphatic carbocycles. The van der Waals surface area contributed by atoms with Gasteiger partial charge in [-0.2, -0.15) is 0 Å². The predicted octanol–water partition coefficient (Wildman–Crippen LogP) is 5.15. The maximum Gasteiger partial charge on any atom is 0.289 e. The summed E-state index contributed by atoms with van der Waals surface area (Å²) in [5.41, 5.74) is 7.99. The number of aromatic nitrogens is 1. The van der Waals surface area contributed by atoms with Crippen molar-refractivity contribution in [3.05, 3.63) is 83.7 Å². The van der Waals surface area contributed by atoms with Crippen LogP contribution in [-0.2, 0) is 4.79 Å². The third-order valence-corrected chi connectivity index (χ3v) is 7.32. The Bertz CT molecular complexity index is 1450. The van der Waals surface area contributed by atoms with E-state index < -0.39 is 5.54 Å². The summed E-state index contributed by atoms with van der Waals surface area (Å²) in [5.74, 6) is -0.0220. The van der Waals surface area contributed by atoms with Crippen molar-refractivity contribution in [3.63, 3.8) is 0 Å². The number of fused-ring (bicyclic) bond motifs is 1. The normalized spacial score (nSPS) is 16.8. The molecule has 8 heteroatoms. The molecule has 1 aliphatic heterocycles. The fraction of sp³-hybridized carbons (Fsp3) is 0.375. The number of allylic oxidation sites excluding steroid dienone is 1. The molecular weight excluding hydrogens is 502 g/mol. The zero-order valence-corrected chi connectivity index (χ0v) is 24.2. The van der Waals surface area contributed by atoms with E-state index in [9.17, 15) is 9.59 Å². The van der Waals surface area contributed by atoms with E-state index in [1.807, 2.05) is 77.1 Å². The van der Waals surface area contributed by atoms with Crippen LogP contribution in [0.25, 0.3) is 10.8 Å². The number of pyridine rings is 1. The summed E-state index contributed by atoms with van der Waals surface area (Å²) in [4.78, 5) is 39.2. The maximum atomic E-state index is 13.6. The molecule has 2 N–H and O–H groups in total. The Morgan fingerprint density at radius 3 is 2.40 bits per heavy atom. The van der Waals surface area contributed by atoms with E-state index >= 15 is 0 Å². The molecule has 2 heterocycles. The summed E-state index contributed by atoms with van der Waals surface area (Å²) in [6.07, 6.45) is 1.59. The van der Waals surface area contributed by atoms with Crippen molar-refractivity contribution in [2.75, 3.05) is 19.6 Å². The summed E-state index contributed by atoms with van der Waals surface area (Å²) in [7, 11) is 0. The van der Waals surface area contributed by atoms with E-state index in [0.717, 1.165) is 16.3 Å². The van der Waals surface area contributed by atoms with Crippen LogP contribution < -0.4 is 10.5 Å². The van der Waals surface area contributed by atoms with Crippen LogP contribution in [0.15, 0.2) is 77.4 Å². The number of nitrogens with zero attached hydrogens (tertiary/aromatic N) is 4. The Balaban J connectivity index is 1.49. The third-order valence-electron chi connectivity index (χ3n) is 7.32. The van der Waals surface area contributed by atoms with E-state index in [4.69, 9.17) is 10.5 Å². The number of rotatable bonds is 6. The first-order valence-corrected chi connectivity index (χ1v) is 13.7. The summed E-state index contributed by atoms with van der Waals surface area (Å²) in [6, 6.07) is 19.6. The first-order valence-electron chi connectivity index (χ1n) is 13.7. The van der Waals surface area contributed by atoms with Crippen molar-refractivity contribution in [2.45, 2.75) is 59.1 Å². The van der Waals surface area contributed by atoms with E-state index in [1.165, 1.54) is 5.56 Å². The summed E-state index contributed by atoms with van der Waals surface area (Å²) in [5, 5.41) is 1.75. The van der Waals surface area contributed by atoms with Gasteiger partial charge >= 0.3 is 0 Å². The lowest BCUT2D eigenvalue weighted by molar-refractivity contribution is -0.132. The van der Waals surface area contributed by atoms with Crippen molar-refractivity contribution in [1.82, 2.24) is 14.8 Å². The van der Waals surface area contributed by atoms with Crippen molar-refractivity contribution in [3.8, 4) is 5.88 Å². The number of piperazine rings is 1. The minimum atomic E-state index is -0.657. The number of nitrogens with two attached hydrogens (primary N) is 1. The molecule has 0 bridgehead atoms. The van der Waals surface area contributed by atoms with Gasteiger partial charge in [-0.3, -0.25) is 9.59 Å². The van der Waals surface area contributed by atoms with Crippen LogP contribution in [0.4, 0.5) is 0 Å². The van der Waals surface area contributed by atoms with E-state index in [2.05, 4.69) is 29.0 Å². The van der Waals surface area contributed by atoms with Crippen LogP contribution in [-0.4, -0.2) is 63.7 Å². The fourth-order valence-corrected chi connectivity index (χ4v) is 4.94. The molecule has 210 valence electrons. The lowest BCUT2D eigenvalue weighted by Gasteiger charge is -2.46. The number of hydrogen-bond acceptors (Lipinski definition) is 5. The lowest BCUT2D eigenvalue weighted by atomic mass is 9.95. The molecule has 0 spiro atoms. The van der Waals surface area contributed by atoms with Crippen molar-refractivity contribution < 1.29 is 14.3 Å². The second kappa shape index (κ2) is 11.9. The highest BCUT2D eigenvalue weighted by atomic mass is 16.5. The quantitative estimate of drug-likeness (QED) is 0.344. The monoisotopic (exact) mass is 541 g/mol. The predicted molar refractivity (Wildman–Crippen MR) is 159 cm³/mol. The Morgan fingerprint density at radius 1 is 1.05 bits per heavy atom. The zero-order chi connectivity index (χ0) is 29.0. The molecule has 1 saturated heterocycles. The van der Waals surface area contributed by atoms with Crippen molar-refractivity contribution in [1.29, 1.82) is 0 Å². The van der Waals surface area contributed by atoms with Gasteiger partial charge in [0.15, 0.2) is 5.84 Å². The molecule has 1 atom stereocenters. The molecule has 2 amide bonds. The SMILES string of the molecule is C/C(=C\N=C(N)C(=O)N1CCN(C(=O)c2cc3ccccc3c(OC(C)C)n2)CC1(C)C)C(C)c1ccccc1. The number of aliphatic imine (C=N–C) groups is 1. The highest BCUT2D eigenvalue weighted by Crippen LogP contribution is 2.28. The summed E-state index contributed by atoms with van der Waals surface area (Å²) < 4.78 is 5.93. The second-order valence-electron chi connectivity index (χ2n) is 11.2. The summed E-state index contributed by atoms with van der Waals surface area (Å²) >= 11 is 0. The van der Waals surface area contributed by atoms with Crippen LogP contribution in [0, 0.1) is 0 Å². The molecule has 8 nitrogen and oxygen atoms in total. The maximum absolute atomic E-state index is 13.6. The topological polar surface area (TPSA) is 101 Å². The Hall–Kier alpha value is -4.20. The molecule has 3 aromatic rings. The van der Waals surface area contributed by atoms with Gasteiger partial charge in [0, 0.05) is 37.1 Å². The highest BCUT2D eigenvalue weighted by molar-refractivity contribution is 6.37. The molecule has 1 unspecified atom stereocenters. The fourth-order valence-electron chi connectivity index (χ4n) is 4.94. The summed E-state index contributed by atoms with van der Waals surface area (Å²) in [6.45, 7) is 12.8. The van der Waals surface area contributed by atoms with Crippen LogP contribution >= 0.6 is 0 Å². The van der Waals surface area contributed by atoms with Gasteiger partial charge in [-0.15, -0.1) is 0 Å². The number of hydrogen-bond donors (Lipinski definition) is 1. The zero-order valence-electron chi connectivity index (χ0n) is 24.2. The van der Waals surface area contributed by atoms with Gasteiger partial charge in [0.05, 0.1) is 11.6 Å². The lowest BCUT2D eigenvalue weighted by Crippen LogP contribution is -2.63. The van der Waals surface area contributed by atoms with Crippen LogP contribution in [0.3, 0.4) is 0 Å². The smallest absolute Gasteiger partial charge is 0.289 e. The van der Waals surface area contributed by atoms with Crippen LogP contribution in [0.2, 0.25) is 0 Å². The molecule has 1 aliphatic rings. The van der Waals surface area contributed by atoms with Crippen molar-refractivity contribution >= 4 is 28.4 Å². The minimum Gasteiger partial charge on any atom is -0.474 e. The average molecular weight is 542 g/mol. The molecule has 1 fully saturated rings. The van der Waals surface area contributed by atoms with Gasteiger partial charge in [0.2, 0.25) is 5.88 Å². The van der Waals surface area contributed by atoms with Gasteiger partial charge in [0.1, 0.15) is 5.69 Å². The molecule has 2 aromatic carbocycles. The third kappa shape index (κ3) is 6.33. The van der Waals surface area contributed by atoms with E-state index in [0.29, 0.717) is 31.2 Å². The Kier molecular flexibility index (Phi) is 8.57. The van der Waals surface area contributed by atoms with E-state index in [-0.39, 0.29) is 29.7 Å². The molecular formula is C32H39N5O3. The first kappa shape index (κ1) is 28.8. The minimum absolute atomic E-state index is 0.0702. The number of benzene rings is 2. The largest absolute Gasteiger partial charge is 0.474 e. The molecule has 0 radical (unpaired) electrons. The van der Waals surface area contributed by atoms with Crippen molar-refractivity contribution in [2.24, 2.45) is 10.7 Å². The van der Waals surface area contributed by atoms with Gasteiger partial charge in [-0.25, -0.2) is 9.98 Å². The number of ether oxygens (including phenoxy) is 1. The second-order valence-corrected chi connectivity index (χ2v) is 11.2. The van der Waals surface area contributed by atoms with Gasteiger partial charge in [0.25, 0.3) is 11.8 Å². The number of amides is 2. The molecule has 4 rings (SSSR count). The highest BCUT2D eigenvalue weighted by Gasteiger charge is 2.40. The Labute approximate surface area is 236 Å². The van der Waals surface area contributed by atoms with Crippen LogP contribution in [0.5, 0.6) is 5.88 Å². The number of carbonyl (C=O) groups is 2. The first-order chi connectivity index (χ1) is 19.0. The van der Waals surface area contributed by atoms with Gasteiger partial charge < -0.3 is 20.3 Å². The number of amidine groups is 1. The van der Waals surface area contributed by atoms with E-state index in [1.54, 1.807) is 22.1 Å². The molecule has 1 aromatic heterocycles. The Morgan fingerprint density at radius 2 is 1.73 bits per heavy atom. The average Bonchev–Trinajstić information content (AvgIpc) is 2.94. The standard InChI is InChI=1S/C32H39N5O3/c1-21(2)40-29-26-15-11-10-14-25(26)18-27(35-29)30(38)36-16-17-37(32(5,6)20-36)31(39)28(33)34-19-22(3)23(4)24-12-8-7-9-13-24/h7-15,18-19,21,23H,16-17,20H2,1-6H3,(H2,33,34)/b22-19+. The number of carbonyl (C=O) groups excluding carboxylic acids is 2.